The highest BCUT2D eigenvalue weighted by Crippen LogP contribution is 2.20. The van der Waals surface area contributed by atoms with Gasteiger partial charge < -0.3 is 15.2 Å². The molecule has 5 nitrogen and oxygen atoms in total. The lowest BCUT2D eigenvalue weighted by Gasteiger charge is -2.18. The lowest BCUT2D eigenvalue weighted by molar-refractivity contribution is 0.0696. The quantitative estimate of drug-likeness (QED) is 0.812. The second-order valence-electron chi connectivity index (χ2n) is 4.28. The van der Waals surface area contributed by atoms with Crippen LogP contribution in [0.25, 0.3) is 0 Å². The molecule has 1 aromatic rings. The zero-order chi connectivity index (χ0) is 13.7. The molecule has 0 saturated carbocycles. The first-order valence-electron chi connectivity index (χ1n) is 6.01. The van der Waals surface area contributed by atoms with Gasteiger partial charge in [-0.05, 0) is 33.8 Å². The third-order valence-corrected chi connectivity index (χ3v) is 2.52. The predicted molar refractivity (Wildman–Crippen MR) is 70.2 cm³/mol. The lowest BCUT2D eigenvalue weighted by Crippen LogP contribution is -2.23. The van der Waals surface area contributed by atoms with Crippen LogP contribution < -0.4 is 5.32 Å². The monoisotopic (exact) mass is 252 g/mol. The van der Waals surface area contributed by atoms with Gasteiger partial charge in [0.15, 0.2) is 0 Å². The molecule has 0 spiro atoms. The van der Waals surface area contributed by atoms with Crippen LogP contribution in [0, 0.1) is 13.8 Å². The Bertz CT molecular complexity index is 432. The van der Waals surface area contributed by atoms with E-state index in [1.165, 1.54) is 0 Å². The van der Waals surface area contributed by atoms with E-state index in [4.69, 9.17) is 4.74 Å². The van der Waals surface area contributed by atoms with Gasteiger partial charge in [0.2, 0.25) is 0 Å². The van der Waals surface area contributed by atoms with Gasteiger partial charge in [-0.2, -0.15) is 0 Å². The Balaban J connectivity index is 2.96. The maximum absolute atomic E-state index is 11.2. The van der Waals surface area contributed by atoms with Crippen molar-refractivity contribution in [1.82, 2.24) is 4.98 Å². The second kappa shape index (κ2) is 6.35. The van der Waals surface area contributed by atoms with Crippen LogP contribution in [0.2, 0.25) is 0 Å². The molecule has 18 heavy (non-hydrogen) atoms. The molecule has 0 bridgehead atoms. The minimum absolute atomic E-state index is 0.0456. The molecular formula is C13H20N2O3. The summed E-state index contributed by atoms with van der Waals surface area (Å²) in [4.78, 5) is 15.4. The van der Waals surface area contributed by atoms with Gasteiger partial charge in [-0.3, -0.25) is 4.98 Å². The van der Waals surface area contributed by atoms with Gasteiger partial charge in [0.05, 0.1) is 18.0 Å². The van der Waals surface area contributed by atoms with E-state index in [0.717, 1.165) is 5.69 Å². The Hall–Kier alpha value is -1.62. The van der Waals surface area contributed by atoms with Crippen LogP contribution >= 0.6 is 0 Å². The van der Waals surface area contributed by atoms with Crippen molar-refractivity contribution in [3.8, 4) is 0 Å². The molecule has 0 saturated heterocycles. The van der Waals surface area contributed by atoms with Gasteiger partial charge in [-0.1, -0.05) is 0 Å². The maximum Gasteiger partial charge on any atom is 0.339 e. The van der Waals surface area contributed by atoms with E-state index in [9.17, 15) is 9.90 Å². The third-order valence-electron chi connectivity index (χ3n) is 2.52. The Morgan fingerprint density at radius 2 is 2.22 bits per heavy atom. The van der Waals surface area contributed by atoms with Gasteiger partial charge in [-0.25, -0.2) is 4.79 Å². The van der Waals surface area contributed by atoms with Crippen molar-refractivity contribution in [3.05, 3.63) is 23.0 Å². The largest absolute Gasteiger partial charge is 0.478 e. The number of aromatic carboxylic acids is 1. The molecule has 0 fully saturated rings. The number of aromatic nitrogens is 1. The molecule has 100 valence electrons. The summed E-state index contributed by atoms with van der Waals surface area (Å²) >= 11 is 0. The summed E-state index contributed by atoms with van der Waals surface area (Å²) in [6.07, 6.45) is 0. The van der Waals surface area contributed by atoms with Crippen LogP contribution in [0.4, 0.5) is 5.69 Å². The second-order valence-corrected chi connectivity index (χ2v) is 4.28. The number of carboxylic acids is 1. The first-order valence-corrected chi connectivity index (χ1v) is 6.01. The van der Waals surface area contributed by atoms with Gasteiger partial charge in [0.1, 0.15) is 5.56 Å². The van der Waals surface area contributed by atoms with Crippen molar-refractivity contribution in [2.75, 3.05) is 18.5 Å². The summed E-state index contributed by atoms with van der Waals surface area (Å²) in [6, 6.07) is 1.79. The number of ether oxygens (including phenoxy) is 1. The molecular weight excluding hydrogens is 232 g/mol. The normalized spacial score (nSPS) is 12.2. The fraction of sp³-hybridized carbons (Fsp3) is 0.538. The van der Waals surface area contributed by atoms with Crippen molar-refractivity contribution in [2.45, 2.75) is 33.7 Å². The molecule has 0 radical (unpaired) electrons. The minimum atomic E-state index is -0.967. The highest BCUT2D eigenvalue weighted by Gasteiger charge is 2.16. The van der Waals surface area contributed by atoms with E-state index in [0.29, 0.717) is 24.6 Å². The van der Waals surface area contributed by atoms with E-state index in [1.807, 2.05) is 20.8 Å². The van der Waals surface area contributed by atoms with Crippen molar-refractivity contribution >= 4 is 11.7 Å². The first-order chi connectivity index (χ1) is 8.45. The van der Waals surface area contributed by atoms with Crippen LogP contribution in [0.15, 0.2) is 6.07 Å². The molecule has 0 amide bonds. The fourth-order valence-electron chi connectivity index (χ4n) is 1.81. The topological polar surface area (TPSA) is 71.5 Å². The highest BCUT2D eigenvalue weighted by atomic mass is 16.5. The number of carboxylic acid groups (broad SMARTS) is 1. The van der Waals surface area contributed by atoms with E-state index in [1.54, 1.807) is 13.0 Å². The molecule has 2 N–H and O–H groups in total. The van der Waals surface area contributed by atoms with Crippen LogP contribution in [0.5, 0.6) is 0 Å². The van der Waals surface area contributed by atoms with Crippen molar-refractivity contribution < 1.29 is 14.6 Å². The number of anilines is 1. The number of carbonyl (C=O) groups is 1. The molecule has 1 aromatic heterocycles. The Morgan fingerprint density at radius 1 is 1.56 bits per heavy atom. The van der Waals surface area contributed by atoms with Crippen LogP contribution in [-0.4, -0.2) is 35.3 Å². The zero-order valence-electron chi connectivity index (χ0n) is 11.3. The molecule has 1 heterocycles. The number of rotatable bonds is 6. The van der Waals surface area contributed by atoms with Crippen LogP contribution in [0.1, 0.15) is 35.6 Å². The number of hydrogen-bond donors (Lipinski definition) is 2. The Kier molecular flexibility index (Phi) is 5.09. The average Bonchev–Trinajstić information content (AvgIpc) is 2.24. The third kappa shape index (κ3) is 3.70. The van der Waals surface area contributed by atoms with Gasteiger partial charge >= 0.3 is 5.97 Å². The summed E-state index contributed by atoms with van der Waals surface area (Å²) in [6.45, 7) is 8.61. The minimum Gasteiger partial charge on any atom is -0.478 e. The number of nitrogens with zero attached hydrogens (tertiary/aromatic N) is 1. The van der Waals surface area contributed by atoms with Crippen molar-refractivity contribution in [3.63, 3.8) is 0 Å². The summed E-state index contributed by atoms with van der Waals surface area (Å²) < 4.78 is 5.30. The van der Waals surface area contributed by atoms with E-state index < -0.39 is 5.97 Å². The molecule has 0 aliphatic rings. The average molecular weight is 252 g/mol. The molecule has 0 aromatic carbocycles. The number of nitrogens with one attached hydrogen (secondary N) is 1. The smallest absolute Gasteiger partial charge is 0.339 e. The summed E-state index contributed by atoms with van der Waals surface area (Å²) in [5.74, 6) is -0.967. The van der Waals surface area contributed by atoms with Gasteiger partial charge in [-0.15, -0.1) is 0 Å². The van der Waals surface area contributed by atoms with E-state index >= 15 is 0 Å². The van der Waals surface area contributed by atoms with Gasteiger partial charge in [0.25, 0.3) is 0 Å². The van der Waals surface area contributed by atoms with E-state index in [2.05, 4.69) is 10.3 Å². The molecule has 5 heteroatoms. The Labute approximate surface area is 107 Å². The fourth-order valence-corrected chi connectivity index (χ4v) is 1.81. The summed E-state index contributed by atoms with van der Waals surface area (Å²) in [5.41, 5.74) is 2.14. The van der Waals surface area contributed by atoms with Gasteiger partial charge in [0, 0.05) is 18.3 Å². The number of aryl methyl sites for hydroxylation is 2. The van der Waals surface area contributed by atoms with E-state index in [-0.39, 0.29) is 11.6 Å². The molecule has 0 aliphatic heterocycles. The summed E-state index contributed by atoms with van der Waals surface area (Å²) in [5, 5.41) is 12.4. The lowest BCUT2D eigenvalue weighted by atomic mass is 10.1. The molecule has 1 atom stereocenters. The predicted octanol–water partition coefficient (Wildman–Crippen LogP) is 2.23. The molecule has 1 unspecified atom stereocenters. The highest BCUT2D eigenvalue weighted by molar-refractivity contribution is 5.95. The number of hydrogen-bond acceptors (Lipinski definition) is 4. The zero-order valence-corrected chi connectivity index (χ0v) is 11.3. The maximum atomic E-state index is 11.2. The molecule has 0 aliphatic carbocycles. The molecule has 1 rings (SSSR count). The van der Waals surface area contributed by atoms with Crippen LogP contribution in [-0.2, 0) is 4.74 Å². The SMILES string of the molecule is CCOCC(C)Nc1cc(C)nc(C)c1C(=O)O. The standard InChI is InChI=1S/C13H20N2O3/c1-5-18-7-9(3)15-11-6-8(2)14-10(4)12(11)13(16)17/h6,9H,5,7H2,1-4H3,(H,14,15)(H,16,17). The first kappa shape index (κ1) is 14.4. The van der Waals surface area contributed by atoms with Crippen molar-refractivity contribution in [2.24, 2.45) is 0 Å². The Morgan fingerprint density at radius 3 is 2.78 bits per heavy atom. The van der Waals surface area contributed by atoms with Crippen LogP contribution in [0.3, 0.4) is 0 Å². The van der Waals surface area contributed by atoms with Crippen molar-refractivity contribution in [1.29, 1.82) is 0 Å². The summed E-state index contributed by atoms with van der Waals surface area (Å²) in [7, 11) is 0. The number of pyridine rings is 1.